The smallest absolute Gasteiger partial charge is 0.326 e. The van der Waals surface area contributed by atoms with Crippen LogP contribution in [0.3, 0.4) is 0 Å². The Balaban J connectivity index is 2.63. The lowest BCUT2D eigenvalue weighted by molar-refractivity contribution is -0.139. The maximum Gasteiger partial charge on any atom is 0.326 e. The van der Waals surface area contributed by atoms with Gasteiger partial charge in [0.25, 0.3) is 0 Å². The molecule has 1 rings (SSSR count). The molecule has 0 aliphatic carbocycles. The minimum atomic E-state index is -1.06. The zero-order valence-corrected chi connectivity index (χ0v) is 12.5. The van der Waals surface area contributed by atoms with Crippen molar-refractivity contribution in [1.29, 1.82) is 0 Å². The molecule has 20 heavy (non-hydrogen) atoms. The third kappa shape index (κ3) is 5.27. The standard InChI is InChI=1S/C13H16Cl2N2O3/c1-2-3-4-11(12(18)19)17-13(20)16-10-6-5-8(14)7-9(10)15/h5-7,11H,2-4H2,1H3,(H,18,19)(H2,16,17,20). The number of carbonyl (C=O) groups is 2. The second-order valence-corrected chi connectivity index (χ2v) is 5.10. The summed E-state index contributed by atoms with van der Waals surface area (Å²) in [6, 6.07) is 3.09. The van der Waals surface area contributed by atoms with E-state index in [1.807, 2.05) is 6.92 Å². The molecule has 2 amide bonds. The van der Waals surface area contributed by atoms with Crippen LogP contribution in [0.2, 0.25) is 10.0 Å². The molecule has 0 saturated carbocycles. The zero-order chi connectivity index (χ0) is 15.1. The number of hydrogen-bond donors (Lipinski definition) is 3. The van der Waals surface area contributed by atoms with Crippen molar-refractivity contribution in [1.82, 2.24) is 5.32 Å². The van der Waals surface area contributed by atoms with Crippen LogP contribution in [-0.2, 0) is 4.79 Å². The van der Waals surface area contributed by atoms with Crippen LogP contribution >= 0.6 is 23.2 Å². The lowest BCUT2D eigenvalue weighted by atomic mass is 10.1. The fraction of sp³-hybridized carbons (Fsp3) is 0.385. The number of unbranched alkanes of at least 4 members (excludes halogenated alkanes) is 1. The summed E-state index contributed by atoms with van der Waals surface area (Å²) >= 11 is 11.7. The number of nitrogens with one attached hydrogen (secondary N) is 2. The number of hydrogen-bond acceptors (Lipinski definition) is 2. The van der Waals surface area contributed by atoms with Crippen molar-refractivity contribution >= 4 is 40.9 Å². The highest BCUT2D eigenvalue weighted by Gasteiger charge is 2.19. The number of carboxylic acid groups (broad SMARTS) is 1. The van der Waals surface area contributed by atoms with Crippen LogP contribution < -0.4 is 10.6 Å². The van der Waals surface area contributed by atoms with E-state index in [0.717, 1.165) is 12.8 Å². The van der Waals surface area contributed by atoms with Crippen molar-refractivity contribution in [3.8, 4) is 0 Å². The SMILES string of the molecule is CCCCC(NC(=O)Nc1ccc(Cl)cc1Cl)C(=O)O. The highest BCUT2D eigenvalue weighted by atomic mass is 35.5. The molecule has 0 spiro atoms. The number of anilines is 1. The summed E-state index contributed by atoms with van der Waals surface area (Å²) in [4.78, 5) is 22.8. The maximum absolute atomic E-state index is 11.8. The average Bonchev–Trinajstić information content (AvgIpc) is 2.37. The third-order valence-electron chi connectivity index (χ3n) is 2.63. The highest BCUT2D eigenvalue weighted by molar-refractivity contribution is 6.36. The van der Waals surface area contributed by atoms with E-state index in [9.17, 15) is 9.59 Å². The van der Waals surface area contributed by atoms with Gasteiger partial charge in [0, 0.05) is 5.02 Å². The number of carbonyl (C=O) groups excluding carboxylic acids is 1. The Labute approximate surface area is 127 Å². The van der Waals surface area contributed by atoms with E-state index in [1.54, 1.807) is 12.1 Å². The molecule has 110 valence electrons. The third-order valence-corrected chi connectivity index (χ3v) is 3.18. The van der Waals surface area contributed by atoms with E-state index in [1.165, 1.54) is 6.07 Å². The van der Waals surface area contributed by atoms with Crippen molar-refractivity contribution in [3.63, 3.8) is 0 Å². The first-order valence-electron chi connectivity index (χ1n) is 6.19. The molecule has 0 aliphatic rings. The second kappa shape index (κ2) is 7.97. The molecule has 5 nitrogen and oxygen atoms in total. The molecule has 7 heteroatoms. The zero-order valence-electron chi connectivity index (χ0n) is 11.0. The number of rotatable bonds is 6. The molecule has 1 aromatic rings. The van der Waals surface area contributed by atoms with Crippen molar-refractivity contribution in [3.05, 3.63) is 28.2 Å². The summed E-state index contributed by atoms with van der Waals surface area (Å²) in [7, 11) is 0. The quantitative estimate of drug-likeness (QED) is 0.747. The van der Waals surface area contributed by atoms with Crippen LogP contribution in [-0.4, -0.2) is 23.1 Å². The van der Waals surface area contributed by atoms with Crippen LogP contribution in [0.4, 0.5) is 10.5 Å². The first-order valence-corrected chi connectivity index (χ1v) is 6.95. The van der Waals surface area contributed by atoms with Gasteiger partial charge in [0.1, 0.15) is 6.04 Å². The summed E-state index contributed by atoms with van der Waals surface area (Å²) < 4.78 is 0. The number of aliphatic carboxylic acids is 1. The van der Waals surface area contributed by atoms with Gasteiger partial charge in [-0.05, 0) is 24.6 Å². The highest BCUT2D eigenvalue weighted by Crippen LogP contribution is 2.25. The van der Waals surface area contributed by atoms with Gasteiger partial charge in [0.2, 0.25) is 0 Å². The van der Waals surface area contributed by atoms with Gasteiger partial charge in [0.15, 0.2) is 0 Å². The summed E-state index contributed by atoms with van der Waals surface area (Å²) in [6.07, 6.45) is 1.96. The number of benzene rings is 1. The number of carboxylic acids is 1. The molecule has 0 fully saturated rings. The molecule has 1 atom stereocenters. The lowest BCUT2D eigenvalue weighted by Gasteiger charge is -2.15. The van der Waals surface area contributed by atoms with Gasteiger partial charge < -0.3 is 15.7 Å². The Kier molecular flexibility index (Phi) is 6.61. The molecule has 1 unspecified atom stereocenters. The topological polar surface area (TPSA) is 78.4 Å². The number of amides is 2. The predicted molar refractivity (Wildman–Crippen MR) is 79.6 cm³/mol. The average molecular weight is 319 g/mol. The summed E-state index contributed by atoms with van der Waals surface area (Å²) in [6.45, 7) is 1.95. The van der Waals surface area contributed by atoms with E-state index in [-0.39, 0.29) is 5.02 Å². The van der Waals surface area contributed by atoms with Crippen LogP contribution in [0.5, 0.6) is 0 Å². The minimum Gasteiger partial charge on any atom is -0.480 e. The Morgan fingerprint density at radius 1 is 1.35 bits per heavy atom. The molecule has 0 aromatic heterocycles. The normalized spacial score (nSPS) is 11.8. The molecule has 3 N–H and O–H groups in total. The van der Waals surface area contributed by atoms with E-state index in [4.69, 9.17) is 28.3 Å². The van der Waals surface area contributed by atoms with E-state index < -0.39 is 18.0 Å². The molecule has 0 aliphatic heterocycles. The van der Waals surface area contributed by atoms with Crippen LogP contribution in [0.25, 0.3) is 0 Å². The predicted octanol–water partition coefficient (Wildman–Crippen LogP) is 3.76. The van der Waals surface area contributed by atoms with Gasteiger partial charge in [-0.3, -0.25) is 0 Å². The molecular weight excluding hydrogens is 303 g/mol. The molecule has 0 bridgehead atoms. The minimum absolute atomic E-state index is 0.285. The van der Waals surface area contributed by atoms with Crippen molar-refractivity contribution in [2.24, 2.45) is 0 Å². The number of urea groups is 1. The van der Waals surface area contributed by atoms with Crippen molar-refractivity contribution in [2.45, 2.75) is 32.2 Å². The van der Waals surface area contributed by atoms with Gasteiger partial charge >= 0.3 is 12.0 Å². The first-order chi connectivity index (χ1) is 9.43. The van der Waals surface area contributed by atoms with Gasteiger partial charge in [-0.15, -0.1) is 0 Å². The van der Waals surface area contributed by atoms with Crippen LogP contribution in [0.1, 0.15) is 26.2 Å². The van der Waals surface area contributed by atoms with Crippen molar-refractivity contribution < 1.29 is 14.7 Å². The van der Waals surface area contributed by atoms with E-state index in [2.05, 4.69) is 10.6 Å². The molecule has 0 saturated heterocycles. The monoisotopic (exact) mass is 318 g/mol. The van der Waals surface area contributed by atoms with Gasteiger partial charge in [0.05, 0.1) is 10.7 Å². The first kappa shape index (κ1) is 16.6. The Morgan fingerprint density at radius 2 is 2.05 bits per heavy atom. The number of halogens is 2. The van der Waals surface area contributed by atoms with Crippen LogP contribution in [0, 0.1) is 0 Å². The fourth-order valence-electron chi connectivity index (χ4n) is 1.57. The summed E-state index contributed by atoms with van der Waals surface area (Å²) in [5.74, 6) is -1.06. The lowest BCUT2D eigenvalue weighted by Crippen LogP contribution is -2.43. The van der Waals surface area contributed by atoms with Crippen LogP contribution in [0.15, 0.2) is 18.2 Å². The van der Waals surface area contributed by atoms with Crippen molar-refractivity contribution in [2.75, 3.05) is 5.32 Å². The molecule has 1 aromatic carbocycles. The molecule has 0 heterocycles. The van der Waals surface area contributed by atoms with E-state index >= 15 is 0 Å². The second-order valence-electron chi connectivity index (χ2n) is 4.26. The van der Waals surface area contributed by atoms with Gasteiger partial charge in [-0.1, -0.05) is 43.0 Å². The summed E-state index contributed by atoms with van der Waals surface area (Å²) in [5, 5.41) is 14.7. The van der Waals surface area contributed by atoms with Gasteiger partial charge in [-0.2, -0.15) is 0 Å². The Hall–Kier alpha value is -1.46. The Bertz CT molecular complexity index is 495. The summed E-state index contributed by atoms with van der Waals surface area (Å²) in [5.41, 5.74) is 0.369. The largest absolute Gasteiger partial charge is 0.480 e. The molecule has 0 radical (unpaired) electrons. The Morgan fingerprint density at radius 3 is 2.60 bits per heavy atom. The molecular formula is C13H16Cl2N2O3. The van der Waals surface area contributed by atoms with E-state index in [0.29, 0.717) is 17.1 Å². The maximum atomic E-state index is 11.8. The fourth-order valence-corrected chi connectivity index (χ4v) is 2.03. The van der Waals surface area contributed by atoms with Gasteiger partial charge in [-0.25, -0.2) is 9.59 Å².